The van der Waals surface area contributed by atoms with Crippen molar-refractivity contribution < 1.29 is 28.9 Å². The summed E-state index contributed by atoms with van der Waals surface area (Å²) in [5.41, 5.74) is 1.22. The minimum absolute atomic E-state index is 0.271. The highest BCUT2D eigenvalue weighted by Gasteiger charge is 2.16. The molecule has 26 heavy (non-hydrogen) atoms. The second kappa shape index (κ2) is 8.75. The fourth-order valence-electron chi connectivity index (χ4n) is 2.35. The molecule has 0 fully saturated rings. The number of ether oxygens (including phenoxy) is 3. The van der Waals surface area contributed by atoms with Crippen molar-refractivity contribution in [1.29, 1.82) is 0 Å². The second-order valence-corrected chi connectivity index (χ2v) is 5.51. The van der Waals surface area contributed by atoms with Crippen LogP contribution in [0.15, 0.2) is 42.5 Å². The van der Waals surface area contributed by atoms with E-state index in [2.05, 4.69) is 5.32 Å². The van der Waals surface area contributed by atoms with Gasteiger partial charge in [0.15, 0.2) is 6.61 Å². The van der Waals surface area contributed by atoms with Crippen LogP contribution in [-0.2, 0) is 4.79 Å². The molecule has 0 aromatic heterocycles. The van der Waals surface area contributed by atoms with Crippen molar-refractivity contribution in [2.24, 2.45) is 0 Å². The Labute approximate surface area is 151 Å². The van der Waals surface area contributed by atoms with Crippen LogP contribution >= 0.6 is 0 Å². The molecule has 0 spiro atoms. The molecular weight excluding hydrogens is 338 g/mol. The fourth-order valence-corrected chi connectivity index (χ4v) is 2.35. The Hall–Kier alpha value is -3.22. The van der Waals surface area contributed by atoms with Crippen molar-refractivity contribution in [3.05, 3.63) is 53.6 Å². The number of amides is 1. The van der Waals surface area contributed by atoms with Crippen LogP contribution in [0.1, 0.15) is 28.9 Å². The number of benzene rings is 2. The Kier molecular flexibility index (Phi) is 6.43. The van der Waals surface area contributed by atoms with Gasteiger partial charge >= 0.3 is 5.97 Å². The minimum Gasteiger partial charge on any atom is -0.497 e. The van der Waals surface area contributed by atoms with Crippen molar-refractivity contribution in [1.82, 2.24) is 5.32 Å². The normalized spacial score (nSPS) is 11.3. The SMILES string of the molecule is COc1ccc(OC)c(C(=O)NC(C)c2ccc(OCC(=O)O)cc2)c1. The van der Waals surface area contributed by atoms with E-state index in [4.69, 9.17) is 19.3 Å². The van der Waals surface area contributed by atoms with E-state index in [1.807, 2.05) is 6.92 Å². The molecule has 1 atom stereocenters. The maximum atomic E-state index is 12.6. The zero-order chi connectivity index (χ0) is 19.1. The Bertz CT molecular complexity index is 772. The highest BCUT2D eigenvalue weighted by atomic mass is 16.5. The number of hydrogen-bond donors (Lipinski definition) is 2. The van der Waals surface area contributed by atoms with Crippen LogP contribution in [0.5, 0.6) is 17.2 Å². The van der Waals surface area contributed by atoms with Gasteiger partial charge in [-0.1, -0.05) is 12.1 Å². The molecular formula is C19H21NO6. The number of hydrogen-bond acceptors (Lipinski definition) is 5. The number of carboxylic acids is 1. The van der Waals surface area contributed by atoms with Crippen LogP contribution in [0.25, 0.3) is 0 Å². The van der Waals surface area contributed by atoms with Crippen molar-refractivity contribution in [3.8, 4) is 17.2 Å². The van der Waals surface area contributed by atoms with E-state index in [0.717, 1.165) is 5.56 Å². The molecule has 0 radical (unpaired) electrons. The number of carbonyl (C=O) groups is 2. The summed E-state index contributed by atoms with van der Waals surface area (Å²) >= 11 is 0. The van der Waals surface area contributed by atoms with Crippen LogP contribution < -0.4 is 19.5 Å². The minimum atomic E-state index is -1.04. The predicted octanol–water partition coefficient (Wildman–Crippen LogP) is 2.66. The molecule has 2 aromatic carbocycles. The molecule has 7 heteroatoms. The van der Waals surface area contributed by atoms with Crippen molar-refractivity contribution in [2.75, 3.05) is 20.8 Å². The maximum Gasteiger partial charge on any atom is 0.341 e. The van der Waals surface area contributed by atoms with E-state index in [0.29, 0.717) is 22.8 Å². The first kappa shape index (κ1) is 19.1. The van der Waals surface area contributed by atoms with E-state index >= 15 is 0 Å². The predicted molar refractivity (Wildman–Crippen MR) is 95.0 cm³/mol. The third kappa shape index (κ3) is 4.89. The standard InChI is InChI=1S/C19H21NO6/c1-12(13-4-6-14(7-5-13)26-11-18(21)22)20-19(23)16-10-15(24-2)8-9-17(16)25-3/h4-10,12H,11H2,1-3H3,(H,20,23)(H,21,22). The van der Waals surface area contributed by atoms with Crippen molar-refractivity contribution in [3.63, 3.8) is 0 Å². The third-order valence-electron chi connectivity index (χ3n) is 3.74. The lowest BCUT2D eigenvalue weighted by Crippen LogP contribution is -2.27. The van der Waals surface area contributed by atoms with Crippen LogP contribution in [0.2, 0.25) is 0 Å². The van der Waals surface area contributed by atoms with Gasteiger partial charge in [-0.05, 0) is 42.8 Å². The van der Waals surface area contributed by atoms with Gasteiger partial charge in [-0.3, -0.25) is 4.79 Å². The Balaban J connectivity index is 2.08. The highest BCUT2D eigenvalue weighted by Crippen LogP contribution is 2.25. The monoisotopic (exact) mass is 359 g/mol. The summed E-state index contributed by atoms with van der Waals surface area (Å²) in [6.07, 6.45) is 0. The lowest BCUT2D eigenvalue weighted by molar-refractivity contribution is -0.139. The number of aliphatic carboxylic acids is 1. The third-order valence-corrected chi connectivity index (χ3v) is 3.74. The summed E-state index contributed by atoms with van der Waals surface area (Å²) in [4.78, 5) is 23.1. The largest absolute Gasteiger partial charge is 0.497 e. The van der Waals surface area contributed by atoms with E-state index in [9.17, 15) is 9.59 Å². The molecule has 0 saturated carbocycles. The van der Waals surface area contributed by atoms with Crippen molar-refractivity contribution >= 4 is 11.9 Å². The van der Waals surface area contributed by atoms with Crippen LogP contribution in [0.4, 0.5) is 0 Å². The number of methoxy groups -OCH3 is 2. The summed E-state index contributed by atoms with van der Waals surface area (Å²) < 4.78 is 15.5. The topological polar surface area (TPSA) is 94.1 Å². The van der Waals surface area contributed by atoms with E-state index in [-0.39, 0.29) is 11.9 Å². The van der Waals surface area contributed by atoms with Gasteiger partial charge in [0.05, 0.1) is 25.8 Å². The summed E-state index contributed by atoms with van der Waals surface area (Å²) in [5.74, 6) is 0.127. The first-order chi connectivity index (χ1) is 12.4. The van der Waals surface area contributed by atoms with Gasteiger partial charge in [0.25, 0.3) is 5.91 Å². The Morgan fingerprint density at radius 2 is 1.69 bits per heavy atom. The molecule has 7 nitrogen and oxygen atoms in total. The molecule has 2 aromatic rings. The van der Waals surface area contributed by atoms with Crippen LogP contribution in [0, 0.1) is 0 Å². The molecule has 2 N–H and O–H groups in total. The van der Waals surface area contributed by atoms with Gasteiger partial charge in [0.2, 0.25) is 0 Å². The van der Waals surface area contributed by atoms with E-state index < -0.39 is 12.6 Å². The Morgan fingerprint density at radius 3 is 2.27 bits per heavy atom. The van der Waals surface area contributed by atoms with E-state index in [1.165, 1.54) is 14.2 Å². The molecule has 0 saturated heterocycles. The molecule has 138 valence electrons. The maximum absolute atomic E-state index is 12.6. The summed E-state index contributed by atoms with van der Waals surface area (Å²) in [7, 11) is 3.03. The Morgan fingerprint density at radius 1 is 1.04 bits per heavy atom. The van der Waals surface area contributed by atoms with Gasteiger partial charge < -0.3 is 24.6 Å². The van der Waals surface area contributed by atoms with Crippen molar-refractivity contribution in [2.45, 2.75) is 13.0 Å². The molecule has 2 rings (SSSR count). The van der Waals surface area contributed by atoms with E-state index in [1.54, 1.807) is 42.5 Å². The molecule has 0 aliphatic heterocycles. The van der Waals surface area contributed by atoms with Gasteiger partial charge in [0, 0.05) is 0 Å². The molecule has 1 amide bonds. The number of carbonyl (C=O) groups excluding carboxylic acids is 1. The first-order valence-corrected chi connectivity index (χ1v) is 7.92. The van der Waals surface area contributed by atoms with Gasteiger partial charge in [-0.25, -0.2) is 4.79 Å². The molecule has 0 aliphatic rings. The zero-order valence-corrected chi connectivity index (χ0v) is 14.8. The molecule has 0 aliphatic carbocycles. The zero-order valence-electron chi connectivity index (χ0n) is 14.8. The van der Waals surface area contributed by atoms with Crippen LogP contribution in [0.3, 0.4) is 0 Å². The smallest absolute Gasteiger partial charge is 0.341 e. The fraction of sp³-hybridized carbons (Fsp3) is 0.263. The molecule has 0 bridgehead atoms. The highest BCUT2D eigenvalue weighted by molar-refractivity contribution is 5.97. The second-order valence-electron chi connectivity index (χ2n) is 5.51. The summed E-state index contributed by atoms with van der Waals surface area (Å²) in [6, 6.07) is 11.6. The molecule has 0 heterocycles. The molecule has 1 unspecified atom stereocenters. The number of nitrogens with one attached hydrogen (secondary N) is 1. The van der Waals surface area contributed by atoms with Crippen LogP contribution in [-0.4, -0.2) is 37.8 Å². The lowest BCUT2D eigenvalue weighted by atomic mass is 10.1. The summed E-state index contributed by atoms with van der Waals surface area (Å²) in [6.45, 7) is 1.44. The lowest BCUT2D eigenvalue weighted by Gasteiger charge is -2.16. The summed E-state index contributed by atoms with van der Waals surface area (Å²) in [5, 5.41) is 11.5. The number of rotatable bonds is 8. The average Bonchev–Trinajstić information content (AvgIpc) is 2.66. The number of carboxylic acid groups (broad SMARTS) is 1. The van der Waals surface area contributed by atoms with Gasteiger partial charge in [0.1, 0.15) is 17.2 Å². The van der Waals surface area contributed by atoms with Gasteiger partial charge in [-0.15, -0.1) is 0 Å². The quantitative estimate of drug-likeness (QED) is 0.753. The first-order valence-electron chi connectivity index (χ1n) is 7.92. The average molecular weight is 359 g/mol. The van der Waals surface area contributed by atoms with Gasteiger partial charge in [-0.2, -0.15) is 0 Å².